The third-order valence-electron chi connectivity index (χ3n) is 11.6. The highest BCUT2D eigenvalue weighted by Crippen LogP contribution is 2.50. The van der Waals surface area contributed by atoms with Gasteiger partial charge in [0.2, 0.25) is 5.78 Å². The average molecular weight is 870 g/mol. The number of hydrogen-bond acceptors (Lipinski definition) is 10. The number of nitrogens with zero attached hydrogens (tertiary/aromatic N) is 1. The summed E-state index contributed by atoms with van der Waals surface area (Å²) >= 11 is 0. The number of alkyl halides is 3. The molecule has 1 saturated heterocycles. The van der Waals surface area contributed by atoms with Gasteiger partial charge in [-0.05, 0) is 90.3 Å². The number of ether oxygens (including phenoxy) is 4. The van der Waals surface area contributed by atoms with E-state index < -0.39 is 41.2 Å². The number of Topliss-reactive ketones (excluding diaryl/α,β-unsaturated/α-hetero) is 3. The molecule has 11 nitrogen and oxygen atoms in total. The lowest BCUT2D eigenvalue weighted by molar-refractivity contribution is -0.388. The van der Waals surface area contributed by atoms with Crippen molar-refractivity contribution < 1.29 is 60.7 Å². The molecule has 2 aliphatic carbocycles. The van der Waals surface area contributed by atoms with Gasteiger partial charge in [0.1, 0.15) is 18.6 Å². The molecule has 3 atom stereocenters. The first-order valence-electron chi connectivity index (χ1n) is 21.3. The van der Waals surface area contributed by atoms with Crippen molar-refractivity contribution in [3.63, 3.8) is 0 Å². The van der Waals surface area contributed by atoms with Crippen LogP contribution in [0.4, 0.5) is 13.2 Å². The first kappa shape index (κ1) is 47.0. The molecule has 0 saturated carbocycles. The van der Waals surface area contributed by atoms with Gasteiger partial charge in [-0.3, -0.25) is 14.4 Å². The number of carbonyl (C=O) groups excluding carboxylic acids is 5. The predicted molar refractivity (Wildman–Crippen MR) is 229 cm³/mol. The Morgan fingerprint density at radius 3 is 2.10 bits per heavy atom. The number of imide groups is 1. The molecular formula is C49H52F3N2O9+. The zero-order valence-electron chi connectivity index (χ0n) is 35.5. The number of aryl methyl sites for hydroxylation is 1. The molecule has 14 heteroatoms. The molecule has 0 aromatic heterocycles. The molecule has 1 heterocycles. The molecule has 3 aliphatic rings. The zero-order chi connectivity index (χ0) is 45.3. The number of nitrogens with one attached hydrogen (secondary N) is 1. The van der Waals surface area contributed by atoms with Crippen molar-refractivity contribution in [2.75, 3.05) is 52.9 Å². The van der Waals surface area contributed by atoms with Crippen molar-refractivity contribution in [3.8, 4) is 0 Å². The lowest BCUT2D eigenvalue weighted by Crippen LogP contribution is -2.43. The van der Waals surface area contributed by atoms with Gasteiger partial charge in [-0.1, -0.05) is 55.5 Å². The van der Waals surface area contributed by atoms with E-state index in [2.05, 4.69) is 12.8 Å². The number of hydrogen-bond donors (Lipinski definition) is 1. The Morgan fingerprint density at radius 1 is 0.825 bits per heavy atom. The van der Waals surface area contributed by atoms with Crippen LogP contribution >= 0.6 is 0 Å². The van der Waals surface area contributed by atoms with E-state index in [1.54, 1.807) is 30.3 Å². The van der Waals surface area contributed by atoms with E-state index in [0.717, 1.165) is 56.5 Å². The molecule has 2 amide bonds. The van der Waals surface area contributed by atoms with Gasteiger partial charge < -0.3 is 24.4 Å². The highest BCUT2D eigenvalue weighted by atomic mass is 19.4. The summed E-state index contributed by atoms with van der Waals surface area (Å²) in [5, 5.41) is 8.43. The Kier molecular flexibility index (Phi) is 15.8. The number of carbonyl (C=O) groups is 5. The van der Waals surface area contributed by atoms with Crippen LogP contribution in [0, 0.1) is 17.2 Å². The highest BCUT2D eigenvalue weighted by molar-refractivity contribution is 6.45. The molecule has 0 spiro atoms. The molecule has 332 valence electrons. The molecule has 0 radical (unpaired) electrons. The fourth-order valence-corrected chi connectivity index (χ4v) is 8.40. The standard InChI is InChI=1S/C49H52F3N2O9/c1-4-7-35-34(5-2)43(31-10-13-33(14-11-31)49(50,51)52)36-16-12-32(29-39(35)36)45(56)41(53)19-21-61-23-25-63-27-26-62-24-22-60-20-6-8-30-9-15-37-40(28-30)47(58)44(46(37)57)38-17-18-42(55)54(3)48(38)59/h5,7,9-16,28-29,38,43-44,53H,3-4,6,8,17-27H2,1-2H3/q+1/b34-5+,35-7+,53-41?. The number of amides is 2. The van der Waals surface area contributed by atoms with Gasteiger partial charge in [0.25, 0.3) is 0 Å². The molecule has 0 bridgehead atoms. The Morgan fingerprint density at radius 2 is 1.46 bits per heavy atom. The maximum Gasteiger partial charge on any atom is 0.416 e. The van der Waals surface area contributed by atoms with Crippen LogP contribution in [0.25, 0.3) is 5.57 Å². The summed E-state index contributed by atoms with van der Waals surface area (Å²) < 4.78 is 62.9. The molecule has 1 N–H and O–H groups in total. The SMILES string of the molecule is C=[N+]1C(=O)CCC(C2C(=O)c3ccc(CCCOCCOCCOCCOCCC(=N)C(=O)c4ccc5c(c4)C(=C/CC)/C(=C\C)C5c4ccc(C(F)(F)F)cc4)cc3C2=O)C1=O. The Labute approximate surface area is 364 Å². The maximum absolute atomic E-state index is 13.3. The Hall–Kier alpha value is -5.54. The molecule has 1 aliphatic heterocycles. The smallest absolute Gasteiger partial charge is 0.379 e. The van der Waals surface area contributed by atoms with Gasteiger partial charge in [0.05, 0.1) is 63.9 Å². The molecule has 63 heavy (non-hydrogen) atoms. The van der Waals surface area contributed by atoms with E-state index in [9.17, 15) is 37.1 Å². The first-order chi connectivity index (χ1) is 30.3. The summed E-state index contributed by atoms with van der Waals surface area (Å²) in [7, 11) is 0. The van der Waals surface area contributed by atoms with Crippen molar-refractivity contribution in [2.24, 2.45) is 11.8 Å². The fourth-order valence-electron chi connectivity index (χ4n) is 8.40. The summed E-state index contributed by atoms with van der Waals surface area (Å²) in [6, 6.07) is 15.6. The van der Waals surface area contributed by atoms with Gasteiger partial charge in [-0.25, -0.2) is 9.59 Å². The van der Waals surface area contributed by atoms with E-state index in [1.807, 2.05) is 26.0 Å². The van der Waals surface area contributed by atoms with Crippen molar-refractivity contribution in [1.29, 1.82) is 5.41 Å². The van der Waals surface area contributed by atoms with Crippen LogP contribution in [-0.4, -0.2) is 99.0 Å². The number of ketones is 3. The topological polar surface area (TPSA) is 149 Å². The fraction of sp³-hybridized carbons (Fsp3) is 0.408. The van der Waals surface area contributed by atoms with E-state index in [0.29, 0.717) is 69.2 Å². The monoisotopic (exact) mass is 869 g/mol. The van der Waals surface area contributed by atoms with E-state index >= 15 is 0 Å². The summed E-state index contributed by atoms with van der Waals surface area (Å²) in [4.78, 5) is 64.0. The summed E-state index contributed by atoms with van der Waals surface area (Å²) in [6.07, 6.45) is 1.95. The van der Waals surface area contributed by atoms with Gasteiger partial charge in [-0.15, -0.1) is 4.58 Å². The number of fused-ring (bicyclic) bond motifs is 2. The van der Waals surface area contributed by atoms with E-state index in [-0.39, 0.29) is 55.7 Å². The van der Waals surface area contributed by atoms with E-state index in [1.165, 1.54) is 12.1 Å². The van der Waals surface area contributed by atoms with Crippen LogP contribution in [0.2, 0.25) is 0 Å². The molecule has 1 fully saturated rings. The third-order valence-corrected chi connectivity index (χ3v) is 11.6. The molecule has 6 rings (SSSR count). The quantitative estimate of drug-likeness (QED) is 0.0280. The number of allylic oxidation sites excluding steroid dienone is 4. The second-order valence-electron chi connectivity index (χ2n) is 15.6. The van der Waals surface area contributed by atoms with Crippen LogP contribution < -0.4 is 0 Å². The van der Waals surface area contributed by atoms with E-state index in [4.69, 9.17) is 24.4 Å². The van der Waals surface area contributed by atoms with Crippen LogP contribution in [-0.2, 0) is 41.1 Å². The normalized spacial score (nSPS) is 20.0. The number of piperidine rings is 1. The number of rotatable bonds is 21. The lowest BCUT2D eigenvalue weighted by atomic mass is 9.82. The maximum atomic E-state index is 13.3. The number of benzene rings is 3. The van der Waals surface area contributed by atoms with Crippen LogP contribution in [0.3, 0.4) is 0 Å². The van der Waals surface area contributed by atoms with Crippen LogP contribution in [0.5, 0.6) is 0 Å². The molecule has 3 aromatic rings. The average Bonchev–Trinajstić information content (AvgIpc) is 3.72. The van der Waals surface area contributed by atoms with Crippen molar-refractivity contribution in [1.82, 2.24) is 0 Å². The summed E-state index contributed by atoms with van der Waals surface area (Å²) in [5.74, 6) is -4.47. The lowest BCUT2D eigenvalue weighted by Gasteiger charge is -2.19. The van der Waals surface area contributed by atoms with Gasteiger partial charge in [-0.2, -0.15) is 13.2 Å². The molecule has 3 unspecified atom stereocenters. The van der Waals surface area contributed by atoms with Gasteiger partial charge >= 0.3 is 18.0 Å². The Balaban J connectivity index is 0.827. The minimum atomic E-state index is -4.43. The summed E-state index contributed by atoms with van der Waals surface area (Å²) in [5.41, 5.74) is 5.41. The second kappa shape index (κ2) is 21.2. The minimum absolute atomic E-state index is 0.0677. The first-order valence-corrected chi connectivity index (χ1v) is 21.3. The third kappa shape index (κ3) is 10.8. The second-order valence-corrected chi connectivity index (χ2v) is 15.6. The zero-order valence-corrected chi connectivity index (χ0v) is 35.5. The number of halogens is 3. The highest BCUT2D eigenvalue weighted by Gasteiger charge is 2.52. The predicted octanol–water partition coefficient (Wildman–Crippen LogP) is 8.05. The summed E-state index contributed by atoms with van der Waals surface area (Å²) in [6.45, 7) is 10.1. The Bertz CT molecular complexity index is 2330. The molecule has 3 aromatic carbocycles. The van der Waals surface area contributed by atoms with Crippen molar-refractivity contribution >= 4 is 47.2 Å². The minimum Gasteiger partial charge on any atom is -0.379 e. The molecular weight excluding hydrogens is 818 g/mol. The van der Waals surface area contributed by atoms with Gasteiger partial charge in [0, 0.05) is 35.6 Å². The van der Waals surface area contributed by atoms with Gasteiger partial charge in [0.15, 0.2) is 11.6 Å². The van der Waals surface area contributed by atoms with Crippen LogP contribution in [0.15, 0.2) is 78.4 Å². The van der Waals surface area contributed by atoms with Crippen molar-refractivity contribution in [3.05, 3.63) is 123 Å². The van der Waals surface area contributed by atoms with Crippen LogP contribution in [0.1, 0.15) is 111 Å². The largest absolute Gasteiger partial charge is 0.416 e. The van der Waals surface area contributed by atoms with Crippen molar-refractivity contribution in [2.45, 2.75) is 64.5 Å².